The zero-order valence-corrected chi connectivity index (χ0v) is 13.7. The van der Waals surface area contributed by atoms with Gasteiger partial charge >= 0.3 is 0 Å². The van der Waals surface area contributed by atoms with E-state index in [9.17, 15) is 4.79 Å². The Morgan fingerprint density at radius 1 is 1.13 bits per heavy atom. The maximum absolute atomic E-state index is 12.6. The number of amides is 1. The predicted octanol–water partition coefficient (Wildman–Crippen LogP) is 1.23. The van der Waals surface area contributed by atoms with Crippen molar-refractivity contribution in [1.82, 2.24) is 9.80 Å². The lowest BCUT2D eigenvalue weighted by Crippen LogP contribution is -2.41. The number of hydrogen-bond acceptors (Lipinski definition) is 4. The van der Waals surface area contributed by atoms with Crippen LogP contribution in [0, 0.1) is 0 Å². The Bertz CT molecular complexity index is 508. The molecule has 2 aliphatic rings. The highest BCUT2D eigenvalue weighted by molar-refractivity contribution is 5.81. The van der Waals surface area contributed by atoms with Crippen LogP contribution in [-0.2, 0) is 16.1 Å². The molecule has 5 nitrogen and oxygen atoms in total. The van der Waals surface area contributed by atoms with Crippen LogP contribution in [0.4, 0.5) is 0 Å². The zero-order chi connectivity index (χ0) is 16.1. The molecule has 23 heavy (non-hydrogen) atoms. The zero-order valence-electron chi connectivity index (χ0n) is 13.7. The lowest BCUT2D eigenvalue weighted by atomic mass is 10.2. The highest BCUT2D eigenvalue weighted by Crippen LogP contribution is 2.21. The molecular weight excluding hydrogens is 290 g/mol. The molecule has 2 heterocycles. The monoisotopic (exact) mass is 317 g/mol. The van der Waals surface area contributed by atoms with Gasteiger partial charge in [0.25, 0.3) is 5.91 Å². The van der Waals surface area contributed by atoms with Crippen LogP contribution in [0.3, 0.4) is 0 Å². The highest BCUT2D eigenvalue weighted by Gasteiger charge is 2.33. The fourth-order valence-electron chi connectivity index (χ4n) is 3.46. The first kappa shape index (κ1) is 16.4. The van der Waals surface area contributed by atoms with E-state index in [1.165, 1.54) is 5.56 Å². The molecule has 2 N–H and O–H groups in total. The third-order valence-corrected chi connectivity index (χ3v) is 4.80. The van der Waals surface area contributed by atoms with Crippen LogP contribution in [-0.4, -0.2) is 60.6 Å². The largest absolute Gasteiger partial charge is 0.364 e. The summed E-state index contributed by atoms with van der Waals surface area (Å²) < 4.78 is 5.76. The van der Waals surface area contributed by atoms with E-state index in [0.717, 1.165) is 52.0 Å². The average molecular weight is 317 g/mol. The maximum Gasteiger partial charge on any atom is 0.251 e. The molecule has 126 valence electrons. The van der Waals surface area contributed by atoms with Crippen molar-refractivity contribution in [1.29, 1.82) is 0 Å². The molecule has 5 heteroatoms. The van der Waals surface area contributed by atoms with Gasteiger partial charge in [-0.2, -0.15) is 0 Å². The Morgan fingerprint density at radius 2 is 1.96 bits per heavy atom. The summed E-state index contributed by atoms with van der Waals surface area (Å²) in [7, 11) is 0. The predicted molar refractivity (Wildman–Crippen MR) is 89.9 cm³/mol. The molecule has 2 saturated heterocycles. The Balaban J connectivity index is 1.51. The summed E-state index contributed by atoms with van der Waals surface area (Å²) in [6, 6.07) is 10.5. The SMILES string of the molecule is NC[C@H]1CC[C@@H](C(=O)N2CCCN(Cc3ccccc3)CC2)O1. The maximum atomic E-state index is 12.6. The van der Waals surface area contributed by atoms with Crippen LogP contribution >= 0.6 is 0 Å². The van der Waals surface area contributed by atoms with Crippen molar-refractivity contribution in [2.75, 3.05) is 32.7 Å². The third kappa shape index (κ3) is 4.31. The van der Waals surface area contributed by atoms with E-state index < -0.39 is 0 Å². The van der Waals surface area contributed by atoms with Gasteiger partial charge in [0.05, 0.1) is 6.10 Å². The Hall–Kier alpha value is -1.43. The van der Waals surface area contributed by atoms with Gasteiger partial charge < -0.3 is 15.4 Å². The summed E-state index contributed by atoms with van der Waals surface area (Å²) in [6.07, 6.45) is 2.52. The fraction of sp³-hybridized carbons (Fsp3) is 0.611. The minimum Gasteiger partial charge on any atom is -0.364 e. The minimum atomic E-state index is -0.274. The molecule has 2 aliphatic heterocycles. The Labute approximate surface area is 138 Å². The fourth-order valence-corrected chi connectivity index (χ4v) is 3.46. The number of nitrogens with two attached hydrogens (primary N) is 1. The number of carbonyl (C=O) groups is 1. The molecule has 3 rings (SSSR count). The molecule has 0 saturated carbocycles. The molecule has 0 bridgehead atoms. The van der Waals surface area contributed by atoms with Gasteiger partial charge in [0.1, 0.15) is 6.10 Å². The first-order chi connectivity index (χ1) is 11.3. The molecule has 0 aliphatic carbocycles. The lowest BCUT2D eigenvalue weighted by molar-refractivity contribution is -0.142. The topological polar surface area (TPSA) is 58.8 Å². The molecule has 2 fully saturated rings. The van der Waals surface area contributed by atoms with Gasteiger partial charge in [-0.3, -0.25) is 9.69 Å². The van der Waals surface area contributed by atoms with Gasteiger partial charge in [-0.15, -0.1) is 0 Å². The van der Waals surface area contributed by atoms with E-state index in [2.05, 4.69) is 29.2 Å². The summed E-state index contributed by atoms with van der Waals surface area (Å²) in [5.41, 5.74) is 6.97. The van der Waals surface area contributed by atoms with Gasteiger partial charge in [-0.05, 0) is 24.8 Å². The number of benzene rings is 1. The standard InChI is InChI=1S/C18H27N3O2/c19-13-16-7-8-17(23-16)18(22)21-10-4-9-20(11-12-21)14-15-5-2-1-3-6-15/h1-3,5-6,16-17H,4,7-14,19H2/t16-,17+/m1/s1. The molecule has 1 amide bonds. The molecule has 0 unspecified atom stereocenters. The molecule has 2 atom stereocenters. The van der Waals surface area contributed by atoms with Gasteiger partial charge in [0.2, 0.25) is 0 Å². The highest BCUT2D eigenvalue weighted by atomic mass is 16.5. The number of ether oxygens (including phenoxy) is 1. The second-order valence-corrected chi connectivity index (χ2v) is 6.50. The van der Waals surface area contributed by atoms with E-state index in [1.807, 2.05) is 11.0 Å². The van der Waals surface area contributed by atoms with Crippen LogP contribution in [0.2, 0.25) is 0 Å². The van der Waals surface area contributed by atoms with Crippen molar-refractivity contribution in [2.24, 2.45) is 5.73 Å². The summed E-state index contributed by atoms with van der Waals surface area (Å²) in [5, 5.41) is 0. The van der Waals surface area contributed by atoms with Crippen LogP contribution in [0.1, 0.15) is 24.8 Å². The van der Waals surface area contributed by atoms with Crippen LogP contribution in [0.25, 0.3) is 0 Å². The molecule has 1 aromatic rings. The number of carbonyl (C=O) groups excluding carboxylic acids is 1. The van der Waals surface area contributed by atoms with E-state index in [0.29, 0.717) is 6.54 Å². The van der Waals surface area contributed by atoms with Gasteiger partial charge in [-0.1, -0.05) is 30.3 Å². The molecule has 1 aromatic carbocycles. The number of rotatable bonds is 4. The summed E-state index contributed by atoms with van der Waals surface area (Å²) in [6.45, 7) is 5.05. The first-order valence-corrected chi connectivity index (χ1v) is 8.67. The van der Waals surface area contributed by atoms with Crippen molar-refractivity contribution >= 4 is 5.91 Å². The summed E-state index contributed by atoms with van der Waals surface area (Å²) >= 11 is 0. The van der Waals surface area contributed by atoms with Gasteiger partial charge in [0, 0.05) is 39.3 Å². The van der Waals surface area contributed by atoms with Crippen LogP contribution in [0.5, 0.6) is 0 Å². The Morgan fingerprint density at radius 3 is 2.70 bits per heavy atom. The lowest BCUT2D eigenvalue weighted by Gasteiger charge is -2.24. The molecule has 0 aromatic heterocycles. The van der Waals surface area contributed by atoms with Crippen molar-refractivity contribution in [2.45, 2.75) is 38.0 Å². The first-order valence-electron chi connectivity index (χ1n) is 8.67. The second kappa shape index (κ2) is 7.90. The minimum absolute atomic E-state index is 0.0607. The quantitative estimate of drug-likeness (QED) is 0.907. The van der Waals surface area contributed by atoms with E-state index in [4.69, 9.17) is 10.5 Å². The van der Waals surface area contributed by atoms with E-state index in [1.54, 1.807) is 0 Å². The van der Waals surface area contributed by atoms with Crippen molar-refractivity contribution < 1.29 is 9.53 Å². The van der Waals surface area contributed by atoms with E-state index >= 15 is 0 Å². The van der Waals surface area contributed by atoms with Gasteiger partial charge in [0.15, 0.2) is 0 Å². The van der Waals surface area contributed by atoms with Crippen molar-refractivity contribution in [3.8, 4) is 0 Å². The van der Waals surface area contributed by atoms with Crippen LogP contribution < -0.4 is 5.73 Å². The normalized spacial score (nSPS) is 26.2. The summed E-state index contributed by atoms with van der Waals surface area (Å²) in [5.74, 6) is 0.155. The molecule has 0 radical (unpaired) electrons. The number of nitrogens with zero attached hydrogens (tertiary/aromatic N) is 2. The second-order valence-electron chi connectivity index (χ2n) is 6.50. The average Bonchev–Trinajstić information content (AvgIpc) is 2.95. The summed E-state index contributed by atoms with van der Waals surface area (Å²) in [4.78, 5) is 17.0. The molecular formula is C18H27N3O2. The smallest absolute Gasteiger partial charge is 0.251 e. The third-order valence-electron chi connectivity index (χ3n) is 4.80. The Kier molecular flexibility index (Phi) is 5.65. The van der Waals surface area contributed by atoms with Crippen molar-refractivity contribution in [3.63, 3.8) is 0 Å². The van der Waals surface area contributed by atoms with Crippen molar-refractivity contribution in [3.05, 3.63) is 35.9 Å². The number of hydrogen-bond donors (Lipinski definition) is 1. The molecule has 0 spiro atoms. The van der Waals surface area contributed by atoms with E-state index in [-0.39, 0.29) is 18.1 Å². The van der Waals surface area contributed by atoms with Gasteiger partial charge in [-0.25, -0.2) is 0 Å². The van der Waals surface area contributed by atoms with Crippen LogP contribution in [0.15, 0.2) is 30.3 Å².